The fraction of sp³-hybridized carbons (Fsp3) is 0.300. The second-order valence-corrected chi connectivity index (χ2v) is 3.73. The second kappa shape index (κ2) is 5.25. The molecule has 0 heterocycles. The molecule has 2 unspecified atom stereocenters. The van der Waals surface area contributed by atoms with Gasteiger partial charge in [0.25, 0.3) is 0 Å². The Hall–Kier alpha value is -0.910. The lowest BCUT2D eigenvalue weighted by molar-refractivity contribution is -0.131. The highest BCUT2D eigenvalue weighted by Gasteiger charge is 2.23. The number of aliphatic hydroxyl groups excluding tert-OH is 2. The summed E-state index contributed by atoms with van der Waals surface area (Å²) in [5, 5.41) is 19.5. The van der Waals surface area contributed by atoms with E-state index in [-0.39, 0.29) is 0 Å². The average Bonchev–Trinajstić information content (AvgIpc) is 2.27. The van der Waals surface area contributed by atoms with Crippen LogP contribution in [0.5, 0.6) is 0 Å². The minimum Gasteiger partial charge on any atom is -0.385 e. The van der Waals surface area contributed by atoms with E-state index in [1.54, 1.807) is 18.2 Å². The first-order chi connectivity index (χ1) is 7.06. The molecule has 1 aromatic carbocycles. The number of carbonyl (C=O) groups is 1. The van der Waals surface area contributed by atoms with Gasteiger partial charge in [0.2, 0.25) is 5.91 Å². The molecule has 0 fully saturated rings. The van der Waals surface area contributed by atoms with Gasteiger partial charge >= 0.3 is 0 Å². The summed E-state index contributed by atoms with van der Waals surface area (Å²) in [4.78, 5) is 10.7. The van der Waals surface area contributed by atoms with Gasteiger partial charge in [0.15, 0.2) is 6.10 Å². The molecule has 1 aromatic rings. The lowest BCUT2D eigenvalue weighted by Gasteiger charge is -2.15. The highest BCUT2D eigenvalue weighted by atomic mass is 79.9. The van der Waals surface area contributed by atoms with Crippen LogP contribution in [0.25, 0.3) is 0 Å². The molecular weight excluding hydrogens is 262 g/mol. The summed E-state index contributed by atoms with van der Waals surface area (Å²) in [7, 11) is 0. The van der Waals surface area contributed by atoms with E-state index < -0.39 is 18.1 Å². The van der Waals surface area contributed by atoms with Crippen molar-refractivity contribution in [3.63, 3.8) is 0 Å². The molecule has 0 spiro atoms. The molecule has 2 atom stereocenters. The molecule has 1 rings (SSSR count). The quantitative estimate of drug-likeness (QED) is 0.697. The van der Waals surface area contributed by atoms with Crippen molar-refractivity contribution in [3.8, 4) is 0 Å². The molecule has 4 nitrogen and oxygen atoms in total. The number of benzene rings is 1. The van der Waals surface area contributed by atoms with Crippen LogP contribution in [0.3, 0.4) is 0 Å². The van der Waals surface area contributed by atoms with Gasteiger partial charge in [-0.2, -0.15) is 0 Å². The number of hydrogen-bond acceptors (Lipinski definition) is 3. The zero-order chi connectivity index (χ0) is 11.4. The van der Waals surface area contributed by atoms with E-state index in [0.29, 0.717) is 10.9 Å². The van der Waals surface area contributed by atoms with Crippen molar-refractivity contribution in [2.24, 2.45) is 5.73 Å². The van der Waals surface area contributed by atoms with Crippen molar-refractivity contribution in [3.05, 3.63) is 35.4 Å². The summed E-state index contributed by atoms with van der Waals surface area (Å²) >= 11 is 3.27. The summed E-state index contributed by atoms with van der Waals surface area (Å²) in [5.74, 6) is -0.938. The SMILES string of the molecule is NC(=O)C(O)C(O)c1cccc(CBr)c1. The van der Waals surface area contributed by atoms with E-state index in [4.69, 9.17) is 5.73 Å². The Balaban J connectivity index is 2.90. The minimum atomic E-state index is -1.57. The van der Waals surface area contributed by atoms with Crippen LogP contribution in [0.4, 0.5) is 0 Å². The summed E-state index contributed by atoms with van der Waals surface area (Å²) in [5.41, 5.74) is 6.30. The van der Waals surface area contributed by atoms with Crippen molar-refractivity contribution in [2.45, 2.75) is 17.5 Å². The maximum absolute atomic E-state index is 10.7. The fourth-order valence-electron chi connectivity index (χ4n) is 1.20. The van der Waals surface area contributed by atoms with E-state index in [2.05, 4.69) is 15.9 Å². The lowest BCUT2D eigenvalue weighted by Crippen LogP contribution is -2.33. The molecule has 0 saturated carbocycles. The van der Waals surface area contributed by atoms with Crippen LogP contribution in [-0.2, 0) is 10.1 Å². The fourth-order valence-corrected chi connectivity index (χ4v) is 1.55. The van der Waals surface area contributed by atoms with Gasteiger partial charge in [-0.25, -0.2) is 0 Å². The summed E-state index contributed by atoms with van der Waals surface area (Å²) in [6.07, 6.45) is -2.85. The average molecular weight is 274 g/mol. The van der Waals surface area contributed by atoms with Gasteiger partial charge in [0, 0.05) is 5.33 Å². The first-order valence-corrected chi connectivity index (χ1v) is 5.48. The van der Waals surface area contributed by atoms with Gasteiger partial charge < -0.3 is 15.9 Å². The van der Waals surface area contributed by atoms with Crippen LogP contribution in [0.1, 0.15) is 17.2 Å². The third-order valence-electron chi connectivity index (χ3n) is 2.04. The van der Waals surface area contributed by atoms with E-state index in [0.717, 1.165) is 5.56 Å². The van der Waals surface area contributed by atoms with Gasteiger partial charge in [0.05, 0.1) is 0 Å². The van der Waals surface area contributed by atoms with Gasteiger partial charge in [-0.05, 0) is 11.1 Å². The van der Waals surface area contributed by atoms with E-state index in [1.807, 2.05) is 6.07 Å². The van der Waals surface area contributed by atoms with Crippen LogP contribution < -0.4 is 5.73 Å². The van der Waals surface area contributed by atoms with Crippen LogP contribution in [-0.4, -0.2) is 22.2 Å². The molecular formula is C10H12BrNO3. The van der Waals surface area contributed by atoms with Crippen LogP contribution in [0, 0.1) is 0 Å². The zero-order valence-corrected chi connectivity index (χ0v) is 9.52. The number of rotatable bonds is 4. The number of primary amides is 1. The standard InChI is InChI=1S/C10H12BrNO3/c11-5-6-2-1-3-7(4-6)8(13)9(14)10(12)15/h1-4,8-9,13-14H,5H2,(H2,12,15). The number of nitrogens with two attached hydrogens (primary N) is 1. The number of halogens is 1. The molecule has 1 amide bonds. The van der Waals surface area contributed by atoms with Gasteiger partial charge in [0.1, 0.15) is 6.10 Å². The number of hydrogen-bond donors (Lipinski definition) is 3. The third-order valence-corrected chi connectivity index (χ3v) is 2.68. The Morgan fingerprint density at radius 3 is 2.67 bits per heavy atom. The number of carbonyl (C=O) groups excluding carboxylic acids is 1. The molecule has 15 heavy (non-hydrogen) atoms. The maximum atomic E-state index is 10.7. The molecule has 0 bridgehead atoms. The smallest absolute Gasteiger partial charge is 0.249 e. The highest BCUT2D eigenvalue weighted by Crippen LogP contribution is 2.19. The highest BCUT2D eigenvalue weighted by molar-refractivity contribution is 9.08. The Morgan fingerprint density at radius 2 is 2.13 bits per heavy atom. The Morgan fingerprint density at radius 1 is 1.47 bits per heavy atom. The first-order valence-electron chi connectivity index (χ1n) is 4.36. The molecule has 0 aliphatic rings. The molecule has 0 aliphatic carbocycles. The predicted molar refractivity (Wildman–Crippen MR) is 59.2 cm³/mol. The number of amides is 1. The second-order valence-electron chi connectivity index (χ2n) is 3.17. The van der Waals surface area contributed by atoms with Crippen molar-refractivity contribution in [1.29, 1.82) is 0 Å². The maximum Gasteiger partial charge on any atom is 0.249 e. The largest absolute Gasteiger partial charge is 0.385 e. The topological polar surface area (TPSA) is 83.6 Å². The monoisotopic (exact) mass is 273 g/mol. The van der Waals surface area contributed by atoms with Crippen molar-refractivity contribution in [2.75, 3.05) is 0 Å². The third kappa shape index (κ3) is 3.02. The van der Waals surface area contributed by atoms with Crippen molar-refractivity contribution in [1.82, 2.24) is 0 Å². The lowest BCUT2D eigenvalue weighted by atomic mass is 10.0. The van der Waals surface area contributed by atoms with E-state index in [1.165, 1.54) is 0 Å². The first kappa shape index (κ1) is 12.2. The number of alkyl halides is 1. The van der Waals surface area contributed by atoms with E-state index in [9.17, 15) is 15.0 Å². The molecule has 0 aromatic heterocycles. The zero-order valence-electron chi connectivity index (χ0n) is 7.93. The minimum absolute atomic E-state index is 0.471. The molecule has 0 radical (unpaired) electrons. The Labute approximate surface area is 95.8 Å². The van der Waals surface area contributed by atoms with Crippen LogP contribution in [0.2, 0.25) is 0 Å². The molecule has 82 valence electrons. The molecule has 4 N–H and O–H groups in total. The van der Waals surface area contributed by atoms with Gasteiger partial charge in [-0.3, -0.25) is 4.79 Å². The normalized spacial score (nSPS) is 14.6. The van der Waals surface area contributed by atoms with Crippen molar-refractivity contribution >= 4 is 21.8 Å². The van der Waals surface area contributed by atoms with E-state index >= 15 is 0 Å². The predicted octanol–water partition coefficient (Wildman–Crippen LogP) is 0.461. The number of aliphatic hydroxyl groups is 2. The Kier molecular flexibility index (Phi) is 4.26. The molecule has 0 aliphatic heterocycles. The van der Waals surface area contributed by atoms with Gasteiger partial charge in [-0.1, -0.05) is 40.2 Å². The Bertz CT molecular complexity index is 356. The summed E-state index contributed by atoms with van der Waals surface area (Å²) in [6.45, 7) is 0. The molecule has 0 saturated heterocycles. The van der Waals surface area contributed by atoms with Crippen LogP contribution >= 0.6 is 15.9 Å². The van der Waals surface area contributed by atoms with Crippen molar-refractivity contribution < 1.29 is 15.0 Å². The summed E-state index contributed by atoms with van der Waals surface area (Å²) < 4.78 is 0. The van der Waals surface area contributed by atoms with Crippen LogP contribution in [0.15, 0.2) is 24.3 Å². The van der Waals surface area contributed by atoms with Gasteiger partial charge in [-0.15, -0.1) is 0 Å². The summed E-state index contributed by atoms with van der Waals surface area (Å²) in [6, 6.07) is 6.93. The molecule has 5 heteroatoms.